The van der Waals surface area contributed by atoms with Crippen molar-refractivity contribution in [3.8, 4) is 10.8 Å². The Balaban J connectivity index is 1.29. The number of benzene rings is 2. The van der Waals surface area contributed by atoms with Gasteiger partial charge < -0.3 is 14.2 Å². The molecule has 3 heterocycles. The Labute approximate surface area is 166 Å². The summed E-state index contributed by atoms with van der Waals surface area (Å²) in [6, 6.07) is 21.9. The maximum Gasteiger partial charge on any atom is 0.289 e. The molecule has 1 fully saturated rings. The average Bonchev–Trinajstić information content (AvgIpc) is 3.41. The summed E-state index contributed by atoms with van der Waals surface area (Å²) in [4.78, 5) is 21.6. The van der Waals surface area contributed by atoms with Crippen LogP contribution < -0.4 is 4.90 Å². The van der Waals surface area contributed by atoms with Crippen molar-refractivity contribution in [2.24, 2.45) is 0 Å². The summed E-state index contributed by atoms with van der Waals surface area (Å²) in [5.41, 5.74) is 2.15. The summed E-state index contributed by atoms with van der Waals surface area (Å²) in [5, 5.41) is 0.800. The van der Waals surface area contributed by atoms with Crippen LogP contribution >= 0.6 is 11.3 Å². The lowest BCUT2D eigenvalue weighted by molar-refractivity contribution is 0.0715. The highest BCUT2D eigenvalue weighted by molar-refractivity contribution is 7.21. The number of piperazine rings is 1. The molecule has 0 saturated carbocycles. The fourth-order valence-corrected chi connectivity index (χ4v) is 4.44. The van der Waals surface area contributed by atoms with Crippen LogP contribution in [0.25, 0.3) is 21.0 Å². The van der Waals surface area contributed by atoms with Gasteiger partial charge in [0.1, 0.15) is 0 Å². The van der Waals surface area contributed by atoms with E-state index in [0.717, 1.165) is 28.3 Å². The van der Waals surface area contributed by atoms with Crippen molar-refractivity contribution in [3.05, 3.63) is 72.5 Å². The number of thiazole rings is 1. The van der Waals surface area contributed by atoms with Crippen LogP contribution in [0.2, 0.25) is 0 Å². The summed E-state index contributed by atoms with van der Waals surface area (Å²) in [6.45, 7) is 3.01. The second kappa shape index (κ2) is 7.13. The number of nitrogens with zero attached hydrogens (tertiary/aromatic N) is 3. The normalized spacial score (nSPS) is 14.6. The van der Waals surface area contributed by atoms with Crippen LogP contribution in [0.1, 0.15) is 10.6 Å². The molecule has 0 aliphatic carbocycles. The minimum Gasteiger partial charge on any atom is -0.448 e. The van der Waals surface area contributed by atoms with E-state index in [1.807, 2.05) is 53.4 Å². The molecule has 1 saturated heterocycles. The van der Waals surface area contributed by atoms with Gasteiger partial charge in [-0.15, -0.1) is 11.3 Å². The van der Waals surface area contributed by atoms with Crippen molar-refractivity contribution >= 4 is 33.1 Å². The number of para-hydroxylation sites is 2. The Hall–Kier alpha value is -3.12. The third-order valence-corrected chi connectivity index (χ3v) is 6.06. The fourth-order valence-electron chi connectivity index (χ4n) is 3.51. The van der Waals surface area contributed by atoms with Gasteiger partial charge >= 0.3 is 0 Å². The molecule has 1 amide bonds. The third kappa shape index (κ3) is 3.16. The predicted molar refractivity (Wildman–Crippen MR) is 112 cm³/mol. The molecule has 0 radical (unpaired) electrons. The van der Waals surface area contributed by atoms with Gasteiger partial charge in [-0.1, -0.05) is 30.3 Å². The second-order valence-electron chi connectivity index (χ2n) is 6.77. The average molecular weight is 389 g/mol. The van der Waals surface area contributed by atoms with E-state index in [1.54, 1.807) is 17.4 Å². The largest absolute Gasteiger partial charge is 0.448 e. The first-order valence-corrected chi connectivity index (χ1v) is 10.1. The standard InChI is InChI=1S/C22H19N3O2S/c26-22(25-14-12-24(13-15-25)16-6-2-1-3-7-16)19-11-10-18(27-19)21-23-17-8-4-5-9-20(17)28-21/h1-11H,12-15H2. The molecule has 0 unspecified atom stereocenters. The van der Waals surface area contributed by atoms with E-state index in [0.29, 0.717) is 24.6 Å². The molecule has 4 aromatic rings. The van der Waals surface area contributed by atoms with Crippen molar-refractivity contribution in [3.63, 3.8) is 0 Å². The van der Waals surface area contributed by atoms with Crippen LogP contribution in [0.15, 0.2) is 71.1 Å². The van der Waals surface area contributed by atoms with Gasteiger partial charge in [0.05, 0.1) is 10.2 Å². The van der Waals surface area contributed by atoms with E-state index in [9.17, 15) is 4.79 Å². The first-order valence-electron chi connectivity index (χ1n) is 9.33. The molecule has 6 heteroatoms. The van der Waals surface area contributed by atoms with Crippen molar-refractivity contribution < 1.29 is 9.21 Å². The number of carbonyl (C=O) groups excluding carboxylic acids is 1. The molecule has 0 N–H and O–H groups in total. The maximum atomic E-state index is 12.9. The lowest BCUT2D eigenvalue weighted by Crippen LogP contribution is -2.48. The van der Waals surface area contributed by atoms with Gasteiger partial charge in [-0.05, 0) is 36.4 Å². The molecule has 2 aromatic heterocycles. The molecule has 1 aliphatic rings. The van der Waals surface area contributed by atoms with Crippen LogP contribution in [0, 0.1) is 0 Å². The van der Waals surface area contributed by atoms with Gasteiger partial charge in [0.15, 0.2) is 16.5 Å². The minimum absolute atomic E-state index is 0.0555. The number of furan rings is 1. The number of hydrogen-bond donors (Lipinski definition) is 0. The topological polar surface area (TPSA) is 49.6 Å². The van der Waals surface area contributed by atoms with Crippen LogP contribution in [0.3, 0.4) is 0 Å². The van der Waals surface area contributed by atoms with E-state index < -0.39 is 0 Å². The van der Waals surface area contributed by atoms with Crippen molar-refractivity contribution in [2.45, 2.75) is 0 Å². The second-order valence-corrected chi connectivity index (χ2v) is 7.80. The van der Waals surface area contributed by atoms with Crippen LogP contribution in [-0.4, -0.2) is 42.0 Å². The molecule has 5 rings (SSSR count). The highest BCUT2D eigenvalue weighted by atomic mass is 32.1. The number of carbonyl (C=O) groups is 1. The van der Waals surface area contributed by atoms with Crippen LogP contribution in [0.5, 0.6) is 0 Å². The fraction of sp³-hybridized carbons (Fsp3) is 0.182. The number of fused-ring (bicyclic) bond motifs is 1. The van der Waals surface area contributed by atoms with E-state index in [-0.39, 0.29) is 5.91 Å². The Morgan fingerprint density at radius 2 is 1.64 bits per heavy atom. The molecule has 1 aliphatic heterocycles. The Kier molecular flexibility index (Phi) is 4.33. The monoisotopic (exact) mass is 389 g/mol. The summed E-state index contributed by atoms with van der Waals surface area (Å²) >= 11 is 1.57. The SMILES string of the molecule is O=C(c1ccc(-c2nc3ccccc3s2)o1)N1CCN(c2ccccc2)CC1. The molecule has 28 heavy (non-hydrogen) atoms. The zero-order valence-electron chi connectivity index (χ0n) is 15.2. The first-order chi connectivity index (χ1) is 13.8. The van der Waals surface area contributed by atoms with Crippen LogP contribution in [-0.2, 0) is 0 Å². The van der Waals surface area contributed by atoms with Gasteiger partial charge in [0.2, 0.25) is 0 Å². The lowest BCUT2D eigenvalue weighted by Gasteiger charge is -2.35. The maximum absolute atomic E-state index is 12.9. The van der Waals surface area contributed by atoms with Gasteiger partial charge in [-0.25, -0.2) is 4.98 Å². The Morgan fingerprint density at radius 1 is 0.893 bits per heavy atom. The molecule has 5 nitrogen and oxygen atoms in total. The lowest BCUT2D eigenvalue weighted by atomic mass is 10.2. The molecule has 0 atom stereocenters. The number of anilines is 1. The summed E-state index contributed by atoms with van der Waals surface area (Å²) in [7, 11) is 0. The highest BCUT2D eigenvalue weighted by Gasteiger charge is 2.25. The zero-order valence-corrected chi connectivity index (χ0v) is 16.1. The van der Waals surface area contributed by atoms with Gasteiger partial charge in [-0.3, -0.25) is 4.79 Å². The zero-order chi connectivity index (χ0) is 18.9. The molecular weight excluding hydrogens is 370 g/mol. The predicted octanol–water partition coefficient (Wildman–Crippen LogP) is 4.52. The van der Waals surface area contributed by atoms with Gasteiger partial charge in [0, 0.05) is 31.9 Å². The molecule has 0 bridgehead atoms. The quantitative estimate of drug-likeness (QED) is 0.517. The smallest absolute Gasteiger partial charge is 0.289 e. The van der Waals surface area contributed by atoms with Crippen LogP contribution in [0.4, 0.5) is 5.69 Å². The Bertz CT molecular complexity index is 1080. The van der Waals surface area contributed by atoms with E-state index in [4.69, 9.17) is 4.42 Å². The van der Waals surface area contributed by atoms with E-state index >= 15 is 0 Å². The Morgan fingerprint density at radius 3 is 2.43 bits per heavy atom. The number of aromatic nitrogens is 1. The molecule has 2 aromatic carbocycles. The summed E-state index contributed by atoms with van der Waals surface area (Å²) < 4.78 is 6.98. The first kappa shape index (κ1) is 17.0. The number of rotatable bonds is 3. The van der Waals surface area contributed by atoms with E-state index in [1.165, 1.54) is 5.69 Å². The third-order valence-electron chi connectivity index (χ3n) is 5.01. The summed E-state index contributed by atoms with van der Waals surface area (Å²) in [5.74, 6) is 0.968. The number of amides is 1. The summed E-state index contributed by atoms with van der Waals surface area (Å²) in [6.07, 6.45) is 0. The molecule has 140 valence electrons. The molecule has 0 spiro atoms. The van der Waals surface area contributed by atoms with Gasteiger partial charge in [-0.2, -0.15) is 0 Å². The van der Waals surface area contributed by atoms with Crippen molar-refractivity contribution in [2.75, 3.05) is 31.1 Å². The number of hydrogen-bond acceptors (Lipinski definition) is 5. The van der Waals surface area contributed by atoms with Crippen molar-refractivity contribution in [1.29, 1.82) is 0 Å². The van der Waals surface area contributed by atoms with Crippen molar-refractivity contribution in [1.82, 2.24) is 9.88 Å². The van der Waals surface area contributed by atoms with Gasteiger partial charge in [0.25, 0.3) is 5.91 Å². The highest BCUT2D eigenvalue weighted by Crippen LogP contribution is 2.31. The minimum atomic E-state index is -0.0555. The molecular formula is C22H19N3O2S. The van der Waals surface area contributed by atoms with E-state index in [2.05, 4.69) is 22.0 Å².